The molecule has 14 heavy (non-hydrogen) atoms. The van der Waals surface area contributed by atoms with Crippen LogP contribution >= 0.6 is 0 Å². The third-order valence-corrected chi connectivity index (χ3v) is 1.78. The monoisotopic (exact) mass is 199 g/mol. The van der Waals surface area contributed by atoms with Crippen molar-refractivity contribution in [2.24, 2.45) is 5.73 Å². The zero-order valence-electron chi connectivity index (χ0n) is 7.18. The highest BCUT2D eigenvalue weighted by molar-refractivity contribution is 5.30. The molecule has 0 aliphatic heterocycles. The predicted octanol–water partition coefficient (Wildman–Crippen LogP) is 2.34. The number of terminal acetylenes is 1. The molecule has 0 aliphatic carbocycles. The first-order valence-electron chi connectivity index (χ1n) is 3.84. The number of benzene rings is 1. The Balaban J connectivity index is 2.96. The number of rotatable bonds is 1. The molecule has 1 atom stereocenters. The Kier molecular flexibility index (Phi) is 2.82. The van der Waals surface area contributed by atoms with Crippen LogP contribution in [0.1, 0.15) is 17.2 Å². The topological polar surface area (TPSA) is 26.0 Å². The van der Waals surface area contributed by atoms with Gasteiger partial charge in [0.15, 0.2) is 0 Å². The Morgan fingerprint density at radius 2 is 1.71 bits per heavy atom. The summed E-state index contributed by atoms with van der Waals surface area (Å²) in [6, 6.07) is 3.84. The molecule has 0 spiro atoms. The quantitative estimate of drug-likeness (QED) is 0.690. The van der Waals surface area contributed by atoms with Crippen molar-refractivity contribution in [2.75, 3.05) is 0 Å². The third-order valence-electron chi connectivity index (χ3n) is 1.78. The van der Waals surface area contributed by atoms with Gasteiger partial charge in [-0.2, -0.15) is 13.2 Å². The van der Waals surface area contributed by atoms with Crippen LogP contribution in [0.25, 0.3) is 0 Å². The van der Waals surface area contributed by atoms with Crippen LogP contribution < -0.4 is 5.73 Å². The first-order chi connectivity index (χ1) is 6.45. The summed E-state index contributed by atoms with van der Waals surface area (Å²) in [5.41, 5.74) is 5.23. The molecule has 1 nitrogen and oxygen atoms in total. The summed E-state index contributed by atoms with van der Waals surface area (Å²) in [5, 5.41) is 0. The molecule has 0 saturated carbocycles. The predicted molar refractivity (Wildman–Crippen MR) is 47.2 cm³/mol. The Labute approximate surface area is 79.7 Å². The highest BCUT2D eigenvalue weighted by Gasteiger charge is 2.29. The van der Waals surface area contributed by atoms with Crippen LogP contribution in [0.4, 0.5) is 13.2 Å². The van der Waals surface area contributed by atoms with E-state index in [-0.39, 0.29) is 0 Å². The summed E-state index contributed by atoms with van der Waals surface area (Å²) < 4.78 is 36.4. The lowest BCUT2D eigenvalue weighted by Gasteiger charge is -2.08. The smallest absolute Gasteiger partial charge is 0.314 e. The van der Waals surface area contributed by atoms with E-state index in [4.69, 9.17) is 12.2 Å². The van der Waals surface area contributed by atoms with Gasteiger partial charge in [-0.05, 0) is 17.7 Å². The van der Waals surface area contributed by atoms with Crippen LogP contribution in [-0.4, -0.2) is 0 Å². The number of hydrogen-bond donors (Lipinski definition) is 1. The van der Waals surface area contributed by atoms with E-state index in [1.807, 2.05) is 0 Å². The van der Waals surface area contributed by atoms with Crippen molar-refractivity contribution in [3.63, 3.8) is 0 Å². The summed E-state index contributed by atoms with van der Waals surface area (Å²) >= 11 is 0. The van der Waals surface area contributed by atoms with Crippen LogP contribution in [0, 0.1) is 12.3 Å². The minimum atomic E-state index is -4.32. The van der Waals surface area contributed by atoms with Crippen molar-refractivity contribution < 1.29 is 13.2 Å². The highest BCUT2D eigenvalue weighted by Crippen LogP contribution is 2.29. The number of alkyl halides is 3. The minimum Gasteiger partial charge on any atom is -0.314 e. The van der Waals surface area contributed by atoms with Crippen LogP contribution in [0.2, 0.25) is 0 Å². The zero-order valence-corrected chi connectivity index (χ0v) is 7.18. The molecule has 4 heteroatoms. The molecule has 1 unspecified atom stereocenters. The second kappa shape index (κ2) is 3.72. The number of halogens is 3. The van der Waals surface area contributed by atoms with Gasteiger partial charge in [-0.1, -0.05) is 18.1 Å². The number of nitrogens with two attached hydrogens (primary N) is 1. The average Bonchev–Trinajstić information content (AvgIpc) is 2.15. The Hall–Kier alpha value is -1.47. The molecular formula is C10H8F3N. The van der Waals surface area contributed by atoms with Crippen molar-refractivity contribution >= 4 is 0 Å². The summed E-state index contributed by atoms with van der Waals surface area (Å²) in [5.74, 6) is 2.24. The van der Waals surface area contributed by atoms with E-state index >= 15 is 0 Å². The van der Waals surface area contributed by atoms with Gasteiger partial charge in [-0.3, -0.25) is 0 Å². The molecule has 0 heterocycles. The van der Waals surface area contributed by atoms with Gasteiger partial charge in [-0.15, -0.1) is 6.42 Å². The maximum absolute atomic E-state index is 12.1. The van der Waals surface area contributed by atoms with Crippen molar-refractivity contribution in [2.45, 2.75) is 12.2 Å². The molecule has 1 rings (SSSR count). The molecule has 0 amide bonds. The van der Waals surface area contributed by atoms with Gasteiger partial charge in [0.2, 0.25) is 0 Å². The van der Waals surface area contributed by atoms with Crippen LogP contribution in [0.15, 0.2) is 24.3 Å². The van der Waals surface area contributed by atoms with Gasteiger partial charge in [0.25, 0.3) is 0 Å². The second-order valence-electron chi connectivity index (χ2n) is 2.76. The zero-order chi connectivity index (χ0) is 10.8. The van der Waals surface area contributed by atoms with Gasteiger partial charge in [-0.25, -0.2) is 0 Å². The fourth-order valence-electron chi connectivity index (χ4n) is 0.976. The van der Waals surface area contributed by atoms with E-state index in [1.54, 1.807) is 0 Å². The lowest BCUT2D eigenvalue weighted by atomic mass is 10.1. The Bertz CT molecular complexity index is 345. The number of hydrogen-bond acceptors (Lipinski definition) is 1. The SMILES string of the molecule is C#CC(N)c1ccc(C(F)(F)F)cc1. The van der Waals surface area contributed by atoms with E-state index in [9.17, 15) is 13.2 Å². The lowest BCUT2D eigenvalue weighted by Crippen LogP contribution is -2.09. The van der Waals surface area contributed by atoms with Gasteiger partial charge >= 0.3 is 6.18 Å². The molecule has 1 aromatic carbocycles. The van der Waals surface area contributed by atoms with Crippen molar-refractivity contribution in [3.05, 3.63) is 35.4 Å². The lowest BCUT2D eigenvalue weighted by molar-refractivity contribution is -0.137. The third kappa shape index (κ3) is 2.27. The first kappa shape index (κ1) is 10.6. The van der Waals surface area contributed by atoms with Gasteiger partial charge < -0.3 is 5.73 Å². The standard InChI is InChI=1S/C10H8F3N/c1-2-9(14)7-3-5-8(6-4-7)10(11,12)13/h1,3-6,9H,14H2. The molecule has 0 aliphatic rings. The van der Waals surface area contributed by atoms with E-state index in [1.165, 1.54) is 12.1 Å². The molecule has 0 fully saturated rings. The molecule has 74 valence electrons. The molecule has 0 bridgehead atoms. The summed E-state index contributed by atoms with van der Waals surface area (Å²) in [7, 11) is 0. The summed E-state index contributed by atoms with van der Waals surface area (Å²) in [6.07, 6.45) is 0.710. The molecule has 2 N–H and O–H groups in total. The second-order valence-corrected chi connectivity index (χ2v) is 2.76. The summed E-state index contributed by atoms with van der Waals surface area (Å²) in [4.78, 5) is 0. The Morgan fingerprint density at radius 3 is 2.07 bits per heavy atom. The van der Waals surface area contributed by atoms with Crippen LogP contribution in [-0.2, 0) is 6.18 Å². The van der Waals surface area contributed by atoms with Crippen molar-refractivity contribution in [3.8, 4) is 12.3 Å². The first-order valence-corrected chi connectivity index (χ1v) is 3.84. The van der Waals surface area contributed by atoms with Crippen molar-refractivity contribution in [1.29, 1.82) is 0 Å². The van der Waals surface area contributed by atoms with E-state index in [0.29, 0.717) is 5.56 Å². The molecule has 0 saturated heterocycles. The van der Waals surface area contributed by atoms with Crippen LogP contribution in [0.3, 0.4) is 0 Å². The van der Waals surface area contributed by atoms with E-state index in [2.05, 4.69) is 5.92 Å². The fourth-order valence-corrected chi connectivity index (χ4v) is 0.976. The fraction of sp³-hybridized carbons (Fsp3) is 0.200. The molecule has 0 radical (unpaired) electrons. The highest BCUT2D eigenvalue weighted by atomic mass is 19.4. The minimum absolute atomic E-state index is 0.500. The molecule has 1 aromatic rings. The van der Waals surface area contributed by atoms with E-state index < -0.39 is 17.8 Å². The van der Waals surface area contributed by atoms with Crippen LogP contribution in [0.5, 0.6) is 0 Å². The van der Waals surface area contributed by atoms with E-state index in [0.717, 1.165) is 12.1 Å². The normalized spacial score (nSPS) is 13.4. The van der Waals surface area contributed by atoms with Gasteiger partial charge in [0.05, 0.1) is 11.6 Å². The maximum atomic E-state index is 12.1. The Morgan fingerprint density at radius 1 is 1.21 bits per heavy atom. The maximum Gasteiger partial charge on any atom is 0.416 e. The summed E-state index contributed by atoms with van der Waals surface area (Å²) in [6.45, 7) is 0. The molecular weight excluding hydrogens is 191 g/mol. The largest absolute Gasteiger partial charge is 0.416 e. The van der Waals surface area contributed by atoms with Gasteiger partial charge in [0.1, 0.15) is 0 Å². The average molecular weight is 199 g/mol. The molecule has 0 aromatic heterocycles. The van der Waals surface area contributed by atoms with Gasteiger partial charge in [0, 0.05) is 0 Å². The van der Waals surface area contributed by atoms with Crippen molar-refractivity contribution in [1.82, 2.24) is 0 Å².